The fourth-order valence-corrected chi connectivity index (χ4v) is 2.76. The van der Waals surface area contributed by atoms with Crippen molar-refractivity contribution in [1.82, 2.24) is 14.9 Å². The molecule has 1 saturated heterocycles. The number of hydrogen-bond donors (Lipinski definition) is 1. The zero-order valence-corrected chi connectivity index (χ0v) is 15.3. The second-order valence-electron chi connectivity index (χ2n) is 5.71. The van der Waals surface area contributed by atoms with Crippen molar-refractivity contribution >= 4 is 33.5 Å². The summed E-state index contributed by atoms with van der Waals surface area (Å²) in [6, 6.07) is 7.62. The first-order valence-electron chi connectivity index (χ1n) is 7.79. The van der Waals surface area contributed by atoms with Gasteiger partial charge < -0.3 is 15.0 Å². The molecule has 1 fully saturated rings. The van der Waals surface area contributed by atoms with Crippen molar-refractivity contribution in [3.05, 3.63) is 45.7 Å². The van der Waals surface area contributed by atoms with Crippen LogP contribution in [-0.2, 0) is 4.74 Å². The Morgan fingerprint density at radius 1 is 1.21 bits per heavy atom. The second-order valence-corrected chi connectivity index (χ2v) is 6.57. The number of anilines is 2. The van der Waals surface area contributed by atoms with Gasteiger partial charge in [0.05, 0.1) is 13.2 Å². The molecule has 0 saturated carbocycles. The molecule has 126 valence electrons. The molecule has 2 aromatic rings. The number of benzene rings is 1. The smallest absolute Gasteiger partial charge is 0.272 e. The molecule has 6 nitrogen and oxygen atoms in total. The van der Waals surface area contributed by atoms with E-state index in [4.69, 9.17) is 4.74 Å². The maximum absolute atomic E-state index is 12.6. The van der Waals surface area contributed by atoms with E-state index in [0.29, 0.717) is 37.9 Å². The number of halogens is 1. The Morgan fingerprint density at radius 2 is 1.96 bits per heavy atom. The van der Waals surface area contributed by atoms with E-state index in [1.807, 2.05) is 32.0 Å². The van der Waals surface area contributed by atoms with Crippen LogP contribution < -0.4 is 5.32 Å². The topological polar surface area (TPSA) is 67.4 Å². The summed E-state index contributed by atoms with van der Waals surface area (Å²) in [5, 5.41) is 3.17. The van der Waals surface area contributed by atoms with Crippen molar-refractivity contribution in [1.29, 1.82) is 0 Å². The minimum Gasteiger partial charge on any atom is -0.378 e. The predicted molar refractivity (Wildman–Crippen MR) is 95.7 cm³/mol. The fraction of sp³-hybridized carbons (Fsp3) is 0.353. The fourth-order valence-electron chi connectivity index (χ4n) is 2.51. The summed E-state index contributed by atoms with van der Waals surface area (Å²) in [6.07, 6.45) is 0. The maximum Gasteiger partial charge on any atom is 0.272 e. The number of rotatable bonds is 3. The van der Waals surface area contributed by atoms with E-state index >= 15 is 0 Å². The van der Waals surface area contributed by atoms with E-state index in [0.717, 1.165) is 21.4 Å². The van der Waals surface area contributed by atoms with Crippen LogP contribution >= 0.6 is 15.9 Å². The molecule has 0 atom stereocenters. The van der Waals surface area contributed by atoms with Gasteiger partial charge in [-0.15, -0.1) is 0 Å². The molecule has 0 spiro atoms. The van der Waals surface area contributed by atoms with Crippen LogP contribution in [0.25, 0.3) is 0 Å². The molecule has 0 unspecified atom stereocenters. The van der Waals surface area contributed by atoms with Crippen molar-refractivity contribution in [2.75, 3.05) is 31.6 Å². The summed E-state index contributed by atoms with van der Waals surface area (Å²) in [5.41, 5.74) is 3.14. The molecule has 1 aliphatic heterocycles. The SMILES string of the molecule is Cc1cc(C(=O)N2CCOCC2)nc(Nc2ccc(Br)c(C)c2)n1. The average Bonchev–Trinajstić information content (AvgIpc) is 2.58. The molecule has 1 amide bonds. The molecule has 1 aromatic carbocycles. The van der Waals surface area contributed by atoms with Crippen molar-refractivity contribution in [2.24, 2.45) is 0 Å². The van der Waals surface area contributed by atoms with Crippen LogP contribution in [0.2, 0.25) is 0 Å². The minimum absolute atomic E-state index is 0.0844. The lowest BCUT2D eigenvalue weighted by Gasteiger charge is -2.26. The summed E-state index contributed by atoms with van der Waals surface area (Å²) in [4.78, 5) is 23.1. The highest BCUT2D eigenvalue weighted by Crippen LogP contribution is 2.22. The number of amides is 1. The Morgan fingerprint density at radius 3 is 2.67 bits per heavy atom. The molecule has 24 heavy (non-hydrogen) atoms. The Hall–Kier alpha value is -1.99. The van der Waals surface area contributed by atoms with E-state index in [2.05, 4.69) is 31.2 Å². The number of carbonyl (C=O) groups is 1. The third-order valence-corrected chi connectivity index (χ3v) is 4.68. The van der Waals surface area contributed by atoms with Gasteiger partial charge in [0.15, 0.2) is 0 Å². The Balaban J connectivity index is 1.82. The maximum atomic E-state index is 12.6. The highest BCUT2D eigenvalue weighted by Gasteiger charge is 2.20. The van der Waals surface area contributed by atoms with Crippen LogP contribution in [0.4, 0.5) is 11.6 Å². The van der Waals surface area contributed by atoms with Crippen molar-refractivity contribution < 1.29 is 9.53 Å². The van der Waals surface area contributed by atoms with E-state index < -0.39 is 0 Å². The lowest BCUT2D eigenvalue weighted by molar-refractivity contribution is 0.0299. The number of hydrogen-bond acceptors (Lipinski definition) is 5. The first-order valence-corrected chi connectivity index (χ1v) is 8.58. The first kappa shape index (κ1) is 16.9. The quantitative estimate of drug-likeness (QED) is 0.871. The summed E-state index contributed by atoms with van der Waals surface area (Å²) in [5.74, 6) is 0.340. The number of aromatic nitrogens is 2. The van der Waals surface area contributed by atoms with Crippen LogP contribution in [0, 0.1) is 13.8 Å². The third kappa shape index (κ3) is 3.91. The van der Waals surface area contributed by atoms with Crippen LogP contribution in [-0.4, -0.2) is 47.1 Å². The lowest BCUT2D eigenvalue weighted by Crippen LogP contribution is -2.41. The van der Waals surface area contributed by atoms with Crippen LogP contribution in [0.5, 0.6) is 0 Å². The molecule has 0 bridgehead atoms. The number of nitrogens with zero attached hydrogens (tertiary/aromatic N) is 3. The standard InChI is InChI=1S/C17H19BrN4O2/c1-11-9-13(3-4-14(11)18)20-17-19-12(2)10-15(21-17)16(23)22-5-7-24-8-6-22/h3-4,9-10H,5-8H2,1-2H3,(H,19,20,21). The van der Waals surface area contributed by atoms with Gasteiger partial charge in [-0.3, -0.25) is 4.79 Å². The summed E-state index contributed by atoms with van der Waals surface area (Å²) < 4.78 is 6.33. The second kappa shape index (κ2) is 7.27. The molecule has 2 heterocycles. The van der Waals surface area contributed by atoms with Crippen LogP contribution in [0.3, 0.4) is 0 Å². The van der Waals surface area contributed by atoms with Gasteiger partial charge in [0, 0.05) is 28.9 Å². The summed E-state index contributed by atoms with van der Waals surface area (Å²) >= 11 is 3.48. The zero-order chi connectivity index (χ0) is 17.1. The van der Waals surface area contributed by atoms with E-state index in [1.165, 1.54) is 0 Å². The summed E-state index contributed by atoms with van der Waals surface area (Å²) in [6.45, 7) is 6.20. The lowest BCUT2D eigenvalue weighted by atomic mass is 10.2. The largest absolute Gasteiger partial charge is 0.378 e. The first-order chi connectivity index (χ1) is 11.5. The van der Waals surface area contributed by atoms with Crippen molar-refractivity contribution in [3.8, 4) is 0 Å². The van der Waals surface area contributed by atoms with Crippen molar-refractivity contribution in [3.63, 3.8) is 0 Å². The number of ether oxygens (including phenoxy) is 1. The van der Waals surface area contributed by atoms with E-state index in [-0.39, 0.29) is 5.91 Å². The molecule has 0 aliphatic carbocycles. The number of nitrogens with one attached hydrogen (secondary N) is 1. The van der Waals surface area contributed by atoms with Gasteiger partial charge in [0.25, 0.3) is 5.91 Å². The monoisotopic (exact) mass is 390 g/mol. The van der Waals surface area contributed by atoms with Gasteiger partial charge in [-0.1, -0.05) is 15.9 Å². The molecule has 1 N–H and O–H groups in total. The van der Waals surface area contributed by atoms with Crippen LogP contribution in [0.15, 0.2) is 28.7 Å². The number of aryl methyl sites for hydroxylation is 2. The normalized spacial score (nSPS) is 14.5. The van der Waals surface area contributed by atoms with Gasteiger partial charge in [-0.05, 0) is 43.7 Å². The van der Waals surface area contributed by atoms with E-state index in [1.54, 1.807) is 11.0 Å². The van der Waals surface area contributed by atoms with Gasteiger partial charge in [-0.2, -0.15) is 0 Å². The molecule has 0 radical (unpaired) electrons. The molecular weight excluding hydrogens is 372 g/mol. The molecule has 7 heteroatoms. The zero-order valence-electron chi connectivity index (χ0n) is 13.7. The van der Waals surface area contributed by atoms with Gasteiger partial charge >= 0.3 is 0 Å². The highest BCUT2D eigenvalue weighted by molar-refractivity contribution is 9.10. The van der Waals surface area contributed by atoms with E-state index in [9.17, 15) is 4.79 Å². The Kier molecular flexibility index (Phi) is 5.11. The Labute approximate surface area is 149 Å². The molecule has 1 aromatic heterocycles. The number of morpholine rings is 1. The molecular formula is C17H19BrN4O2. The Bertz CT molecular complexity index is 760. The number of carbonyl (C=O) groups excluding carboxylic acids is 1. The molecule has 3 rings (SSSR count). The van der Waals surface area contributed by atoms with Crippen molar-refractivity contribution in [2.45, 2.75) is 13.8 Å². The third-order valence-electron chi connectivity index (χ3n) is 3.79. The molecule has 1 aliphatic rings. The van der Waals surface area contributed by atoms with Gasteiger partial charge in [0.2, 0.25) is 5.95 Å². The van der Waals surface area contributed by atoms with Crippen LogP contribution in [0.1, 0.15) is 21.7 Å². The predicted octanol–water partition coefficient (Wildman–Crippen LogP) is 3.07. The highest BCUT2D eigenvalue weighted by atomic mass is 79.9. The average molecular weight is 391 g/mol. The minimum atomic E-state index is -0.0844. The summed E-state index contributed by atoms with van der Waals surface area (Å²) in [7, 11) is 0. The van der Waals surface area contributed by atoms with Gasteiger partial charge in [-0.25, -0.2) is 9.97 Å². The van der Waals surface area contributed by atoms with Gasteiger partial charge in [0.1, 0.15) is 5.69 Å².